The van der Waals surface area contributed by atoms with Gasteiger partial charge in [-0.05, 0) is 36.2 Å². The molecule has 2 aromatic rings. The topological polar surface area (TPSA) is 63.5 Å². The van der Waals surface area contributed by atoms with Gasteiger partial charge in [0.25, 0.3) is 0 Å². The third kappa shape index (κ3) is 5.06. The Bertz CT molecular complexity index is 925. The highest BCUT2D eigenvalue weighted by Crippen LogP contribution is 2.30. The van der Waals surface area contributed by atoms with Crippen molar-refractivity contribution in [2.24, 2.45) is 10.2 Å². The number of para-hydroxylation sites is 1. The van der Waals surface area contributed by atoms with Crippen LogP contribution in [0.4, 0.5) is 0 Å². The van der Waals surface area contributed by atoms with Gasteiger partial charge in [-0.25, -0.2) is 0 Å². The third-order valence-corrected chi connectivity index (χ3v) is 5.56. The standard InChI is InChI=1S/C22H23N3O3S/c1-4-13-25-21(26)20(14-16-9-11-18(27-2)12-10-16)29-22(25)24-23-15-17-7-5-6-8-19(17)28-3/h4-12,15,20H,1,13-14H2,2-3H3/b23-15-,24-22-/t20-/m0/s1. The van der Waals surface area contributed by atoms with Gasteiger partial charge < -0.3 is 9.47 Å². The van der Waals surface area contributed by atoms with E-state index in [1.165, 1.54) is 11.8 Å². The van der Waals surface area contributed by atoms with Crippen molar-refractivity contribution in [2.75, 3.05) is 20.8 Å². The van der Waals surface area contributed by atoms with Gasteiger partial charge >= 0.3 is 0 Å². The van der Waals surface area contributed by atoms with Gasteiger partial charge in [0.15, 0.2) is 5.17 Å². The largest absolute Gasteiger partial charge is 0.497 e. The van der Waals surface area contributed by atoms with E-state index in [-0.39, 0.29) is 11.2 Å². The average molecular weight is 410 g/mol. The molecule has 0 unspecified atom stereocenters. The first-order valence-corrected chi connectivity index (χ1v) is 10.00. The van der Waals surface area contributed by atoms with E-state index in [0.717, 1.165) is 16.9 Å². The molecule has 1 saturated heterocycles. The molecule has 1 aliphatic heterocycles. The summed E-state index contributed by atoms with van der Waals surface area (Å²) in [6, 6.07) is 15.3. The maximum Gasteiger partial charge on any atom is 0.242 e. The molecule has 0 aliphatic carbocycles. The molecule has 6 nitrogen and oxygen atoms in total. The van der Waals surface area contributed by atoms with Crippen molar-refractivity contribution in [1.82, 2.24) is 4.90 Å². The van der Waals surface area contributed by atoms with E-state index in [1.54, 1.807) is 31.4 Å². The van der Waals surface area contributed by atoms with E-state index in [9.17, 15) is 4.79 Å². The molecule has 0 N–H and O–H groups in total. The summed E-state index contributed by atoms with van der Waals surface area (Å²) in [5.74, 6) is 1.52. The zero-order chi connectivity index (χ0) is 20.6. The highest BCUT2D eigenvalue weighted by molar-refractivity contribution is 8.15. The van der Waals surface area contributed by atoms with Crippen LogP contribution in [0, 0.1) is 0 Å². The van der Waals surface area contributed by atoms with Gasteiger partial charge in [-0.3, -0.25) is 9.69 Å². The lowest BCUT2D eigenvalue weighted by atomic mass is 10.1. The second-order valence-corrected chi connectivity index (χ2v) is 7.44. The Balaban J connectivity index is 1.76. The lowest BCUT2D eigenvalue weighted by molar-refractivity contribution is -0.125. The summed E-state index contributed by atoms with van der Waals surface area (Å²) in [6.07, 6.45) is 3.92. The molecule has 1 fully saturated rings. The van der Waals surface area contributed by atoms with Crippen molar-refractivity contribution in [3.8, 4) is 11.5 Å². The number of benzene rings is 2. The van der Waals surface area contributed by atoms with E-state index in [0.29, 0.717) is 23.9 Å². The van der Waals surface area contributed by atoms with Crippen LogP contribution in [0.1, 0.15) is 11.1 Å². The Morgan fingerprint density at radius 1 is 1.14 bits per heavy atom. The van der Waals surface area contributed by atoms with Crippen LogP contribution in [0.25, 0.3) is 0 Å². The molecule has 0 bridgehead atoms. The number of thioether (sulfide) groups is 1. The third-order valence-electron chi connectivity index (χ3n) is 4.39. The van der Waals surface area contributed by atoms with Crippen molar-refractivity contribution in [3.63, 3.8) is 0 Å². The summed E-state index contributed by atoms with van der Waals surface area (Å²) in [5, 5.41) is 8.80. The Kier molecular flexibility index (Phi) is 7.08. The molecule has 29 heavy (non-hydrogen) atoms. The van der Waals surface area contributed by atoms with Crippen LogP contribution in [0.5, 0.6) is 11.5 Å². The van der Waals surface area contributed by atoms with Crippen LogP contribution in [-0.2, 0) is 11.2 Å². The lowest BCUT2D eigenvalue weighted by Gasteiger charge is -2.13. The summed E-state index contributed by atoms with van der Waals surface area (Å²) in [5.41, 5.74) is 1.88. The number of methoxy groups -OCH3 is 2. The highest BCUT2D eigenvalue weighted by Gasteiger charge is 2.37. The SMILES string of the molecule is C=CCN1C(=O)[C@H](Cc2ccc(OC)cc2)S/C1=N\N=C/c1ccccc1OC. The monoisotopic (exact) mass is 409 g/mol. The maximum absolute atomic E-state index is 12.8. The predicted molar refractivity (Wildman–Crippen MR) is 118 cm³/mol. The summed E-state index contributed by atoms with van der Waals surface area (Å²) >= 11 is 1.42. The van der Waals surface area contributed by atoms with Crippen LogP contribution >= 0.6 is 11.8 Å². The Labute approximate surface area is 174 Å². The summed E-state index contributed by atoms with van der Waals surface area (Å²) in [6.45, 7) is 4.14. The normalized spacial score (nSPS) is 17.9. The molecule has 3 rings (SSSR count). The van der Waals surface area contributed by atoms with Gasteiger partial charge in [-0.1, -0.05) is 42.1 Å². The molecule has 0 radical (unpaired) electrons. The molecule has 1 aliphatic rings. The average Bonchev–Trinajstić information content (AvgIpc) is 3.04. The molecule has 0 saturated carbocycles. The zero-order valence-electron chi connectivity index (χ0n) is 16.4. The van der Waals surface area contributed by atoms with E-state index < -0.39 is 0 Å². The highest BCUT2D eigenvalue weighted by atomic mass is 32.2. The fourth-order valence-corrected chi connectivity index (χ4v) is 4.05. The van der Waals surface area contributed by atoms with Crippen molar-refractivity contribution in [3.05, 3.63) is 72.3 Å². The van der Waals surface area contributed by atoms with Gasteiger partial charge in [0.1, 0.15) is 11.5 Å². The molecule has 0 spiro atoms. The number of amides is 1. The lowest BCUT2D eigenvalue weighted by Crippen LogP contribution is -2.32. The van der Waals surface area contributed by atoms with Gasteiger partial charge in [-0.15, -0.1) is 11.7 Å². The number of rotatable bonds is 8. The molecule has 150 valence electrons. The zero-order valence-corrected chi connectivity index (χ0v) is 17.3. The van der Waals surface area contributed by atoms with Gasteiger partial charge in [0.2, 0.25) is 5.91 Å². The number of carbonyl (C=O) groups excluding carboxylic acids is 1. The quantitative estimate of drug-likeness (QED) is 0.378. The predicted octanol–water partition coefficient (Wildman–Crippen LogP) is 3.77. The van der Waals surface area contributed by atoms with E-state index in [2.05, 4.69) is 16.8 Å². The number of hydrogen-bond acceptors (Lipinski definition) is 6. The second kappa shape index (κ2) is 9.93. The van der Waals surface area contributed by atoms with E-state index >= 15 is 0 Å². The minimum absolute atomic E-state index is 0.0111. The summed E-state index contributed by atoms with van der Waals surface area (Å²) < 4.78 is 10.5. The first-order chi connectivity index (χ1) is 14.2. The summed E-state index contributed by atoms with van der Waals surface area (Å²) in [7, 11) is 3.24. The van der Waals surface area contributed by atoms with Gasteiger partial charge in [0.05, 0.1) is 25.7 Å². The Morgan fingerprint density at radius 2 is 1.90 bits per heavy atom. The number of nitrogens with zero attached hydrogens (tertiary/aromatic N) is 3. The van der Waals surface area contributed by atoms with Crippen LogP contribution < -0.4 is 9.47 Å². The van der Waals surface area contributed by atoms with Crippen molar-refractivity contribution < 1.29 is 14.3 Å². The molecule has 1 atom stereocenters. The smallest absolute Gasteiger partial charge is 0.242 e. The molecular formula is C22H23N3O3S. The molecule has 0 aromatic heterocycles. The van der Waals surface area contributed by atoms with Crippen molar-refractivity contribution in [1.29, 1.82) is 0 Å². The number of amidine groups is 1. The Morgan fingerprint density at radius 3 is 2.59 bits per heavy atom. The van der Waals surface area contributed by atoms with Gasteiger partial charge in [0, 0.05) is 12.1 Å². The molecule has 2 aromatic carbocycles. The molecule has 1 heterocycles. The molecular weight excluding hydrogens is 386 g/mol. The number of carbonyl (C=O) groups is 1. The fourth-order valence-electron chi connectivity index (χ4n) is 2.90. The van der Waals surface area contributed by atoms with Gasteiger partial charge in [-0.2, -0.15) is 5.10 Å². The molecule has 1 amide bonds. The molecule has 7 heteroatoms. The Hall–Kier alpha value is -3.06. The fraction of sp³-hybridized carbons (Fsp3) is 0.227. The maximum atomic E-state index is 12.8. The second-order valence-electron chi connectivity index (χ2n) is 6.27. The van der Waals surface area contributed by atoms with Crippen LogP contribution in [-0.4, -0.2) is 48.2 Å². The number of ether oxygens (including phenoxy) is 2. The first kappa shape index (κ1) is 20.7. The van der Waals surface area contributed by atoms with E-state index in [1.807, 2.05) is 48.5 Å². The van der Waals surface area contributed by atoms with Crippen LogP contribution in [0.2, 0.25) is 0 Å². The number of hydrogen-bond donors (Lipinski definition) is 0. The van der Waals surface area contributed by atoms with Crippen LogP contribution in [0.15, 0.2) is 71.4 Å². The van der Waals surface area contributed by atoms with E-state index in [4.69, 9.17) is 9.47 Å². The minimum Gasteiger partial charge on any atom is -0.497 e. The van der Waals surface area contributed by atoms with Crippen LogP contribution in [0.3, 0.4) is 0 Å². The van der Waals surface area contributed by atoms with Crippen molar-refractivity contribution in [2.45, 2.75) is 11.7 Å². The first-order valence-electron chi connectivity index (χ1n) is 9.12. The summed E-state index contributed by atoms with van der Waals surface area (Å²) in [4.78, 5) is 14.5. The van der Waals surface area contributed by atoms with Crippen molar-refractivity contribution >= 4 is 29.1 Å². The minimum atomic E-state index is -0.247.